The van der Waals surface area contributed by atoms with Crippen molar-refractivity contribution in [1.82, 2.24) is 10.2 Å². The zero-order valence-corrected chi connectivity index (χ0v) is 18.2. The van der Waals surface area contributed by atoms with E-state index in [1.807, 2.05) is 12.2 Å². The van der Waals surface area contributed by atoms with Gasteiger partial charge >= 0.3 is 5.97 Å². The van der Waals surface area contributed by atoms with Crippen LogP contribution < -0.4 is 5.32 Å². The van der Waals surface area contributed by atoms with Crippen molar-refractivity contribution in [2.75, 3.05) is 6.54 Å². The molecule has 6 rings (SSSR count). The van der Waals surface area contributed by atoms with E-state index in [0.29, 0.717) is 12.8 Å². The molecular formula is C24H32N2O5. The Hall–Kier alpha value is -2.18. The number of fused-ring (bicyclic) bond motifs is 1. The Morgan fingerprint density at radius 2 is 1.55 bits per heavy atom. The first-order chi connectivity index (χ1) is 14.8. The Labute approximate surface area is 182 Å². The number of rotatable bonds is 6. The Morgan fingerprint density at radius 3 is 2.06 bits per heavy atom. The highest BCUT2D eigenvalue weighted by Gasteiger charge is 2.52. The highest BCUT2D eigenvalue weighted by Crippen LogP contribution is 2.55. The molecule has 1 saturated heterocycles. The summed E-state index contributed by atoms with van der Waals surface area (Å²) in [7, 11) is 0. The number of carbonyl (C=O) groups is 4. The number of amides is 3. The highest BCUT2D eigenvalue weighted by atomic mass is 16.5. The zero-order valence-electron chi connectivity index (χ0n) is 18.2. The van der Waals surface area contributed by atoms with Gasteiger partial charge in [-0.25, -0.2) is 0 Å². The van der Waals surface area contributed by atoms with Crippen LogP contribution in [0.15, 0.2) is 12.2 Å². The summed E-state index contributed by atoms with van der Waals surface area (Å²) < 4.78 is 5.36. The fourth-order valence-corrected chi connectivity index (χ4v) is 7.23. The predicted molar refractivity (Wildman–Crippen MR) is 111 cm³/mol. The Kier molecular flexibility index (Phi) is 5.18. The highest BCUT2D eigenvalue weighted by molar-refractivity contribution is 6.05. The number of imide groups is 1. The maximum Gasteiger partial charge on any atom is 0.308 e. The molecule has 0 radical (unpaired) electrons. The van der Waals surface area contributed by atoms with Crippen molar-refractivity contribution < 1.29 is 23.9 Å². The molecule has 4 bridgehead atoms. The molecular weight excluding hydrogens is 396 g/mol. The van der Waals surface area contributed by atoms with E-state index < -0.39 is 12.1 Å². The smallest absolute Gasteiger partial charge is 0.308 e. The van der Waals surface area contributed by atoms with Crippen LogP contribution in [0.3, 0.4) is 0 Å². The summed E-state index contributed by atoms with van der Waals surface area (Å²) in [5, 5.41) is 3.23. The topological polar surface area (TPSA) is 92.8 Å². The first-order valence-electron chi connectivity index (χ1n) is 11.9. The normalized spacial score (nSPS) is 38.9. The third kappa shape index (κ3) is 3.80. The quantitative estimate of drug-likeness (QED) is 0.398. The van der Waals surface area contributed by atoms with E-state index in [9.17, 15) is 19.2 Å². The average molecular weight is 429 g/mol. The summed E-state index contributed by atoms with van der Waals surface area (Å²) in [6.07, 6.45) is 11.1. The largest absolute Gasteiger partial charge is 0.452 e. The molecule has 0 aromatic carbocycles. The Bertz CT molecular complexity index is 773. The zero-order chi connectivity index (χ0) is 21.8. The fourth-order valence-electron chi connectivity index (χ4n) is 7.23. The number of nitrogens with zero attached hydrogens (tertiary/aromatic N) is 1. The van der Waals surface area contributed by atoms with E-state index in [2.05, 4.69) is 5.32 Å². The average Bonchev–Trinajstić information content (AvgIpc) is 2.95. The van der Waals surface area contributed by atoms with Gasteiger partial charge in [0, 0.05) is 12.1 Å². The molecule has 0 spiro atoms. The molecule has 6 aliphatic rings. The van der Waals surface area contributed by atoms with E-state index in [0.717, 1.165) is 37.0 Å². The van der Waals surface area contributed by atoms with E-state index in [1.165, 1.54) is 24.2 Å². The van der Waals surface area contributed by atoms with Gasteiger partial charge in [-0.2, -0.15) is 0 Å². The molecule has 4 saturated carbocycles. The molecule has 5 aliphatic carbocycles. The lowest BCUT2D eigenvalue weighted by Gasteiger charge is -2.57. The van der Waals surface area contributed by atoms with Crippen LogP contribution in [0.1, 0.15) is 64.7 Å². The van der Waals surface area contributed by atoms with Gasteiger partial charge in [0.2, 0.25) is 11.8 Å². The Morgan fingerprint density at radius 1 is 1.03 bits per heavy atom. The van der Waals surface area contributed by atoms with Crippen molar-refractivity contribution in [2.24, 2.45) is 29.6 Å². The second kappa shape index (κ2) is 7.75. The molecule has 3 amide bonds. The van der Waals surface area contributed by atoms with Gasteiger partial charge in [-0.15, -0.1) is 0 Å². The molecule has 1 aliphatic heterocycles. The van der Waals surface area contributed by atoms with Gasteiger partial charge in [-0.1, -0.05) is 12.2 Å². The maximum atomic E-state index is 12.8. The van der Waals surface area contributed by atoms with Crippen molar-refractivity contribution in [3.8, 4) is 0 Å². The third-order valence-corrected chi connectivity index (χ3v) is 8.24. The van der Waals surface area contributed by atoms with Gasteiger partial charge in [-0.3, -0.25) is 24.1 Å². The molecule has 5 fully saturated rings. The van der Waals surface area contributed by atoms with Gasteiger partial charge in [0.25, 0.3) is 5.91 Å². The SMILES string of the molecule is C[C@H](OC(=O)CCN1C(=O)[C@H]2CC=CC[C@H]2C1=O)C(=O)NC12CC3CC(CC(C3)C1)C2. The Balaban J connectivity index is 1.11. The molecule has 7 heteroatoms. The standard InChI is InChI=1S/C24H32N2O5/c1-14(21(28)25-24-11-15-8-16(12-24)10-17(9-15)13-24)31-20(27)6-7-26-22(29)18-4-2-3-5-19(18)23(26)30/h2-3,14-19H,4-13H2,1H3,(H,25,28)/t14-,15?,16?,17?,18-,19+,24?/m0/s1. The number of esters is 1. The van der Waals surface area contributed by atoms with Crippen LogP contribution in [0.2, 0.25) is 0 Å². The molecule has 1 heterocycles. The number of allylic oxidation sites excluding steroid dienone is 2. The van der Waals surface area contributed by atoms with Crippen molar-refractivity contribution >= 4 is 23.7 Å². The number of hydrogen-bond donors (Lipinski definition) is 1. The minimum absolute atomic E-state index is 0.0207. The van der Waals surface area contributed by atoms with Gasteiger partial charge in [0.05, 0.1) is 18.3 Å². The first-order valence-corrected chi connectivity index (χ1v) is 11.9. The van der Waals surface area contributed by atoms with Crippen molar-refractivity contribution in [3.05, 3.63) is 12.2 Å². The summed E-state index contributed by atoms with van der Waals surface area (Å²) in [5.74, 6) is 0.399. The van der Waals surface area contributed by atoms with Crippen LogP contribution in [0.5, 0.6) is 0 Å². The molecule has 7 nitrogen and oxygen atoms in total. The molecule has 0 aromatic heterocycles. The molecule has 1 N–H and O–H groups in total. The summed E-state index contributed by atoms with van der Waals surface area (Å²) in [5.41, 5.74) is -0.120. The van der Waals surface area contributed by atoms with Gasteiger partial charge < -0.3 is 10.1 Å². The van der Waals surface area contributed by atoms with Crippen LogP contribution in [0.4, 0.5) is 0 Å². The summed E-state index contributed by atoms with van der Waals surface area (Å²) >= 11 is 0. The number of nitrogens with one attached hydrogen (secondary N) is 1. The van der Waals surface area contributed by atoms with Crippen molar-refractivity contribution in [1.29, 1.82) is 0 Å². The minimum atomic E-state index is -0.878. The van der Waals surface area contributed by atoms with Gasteiger partial charge in [0.15, 0.2) is 6.10 Å². The van der Waals surface area contributed by atoms with Crippen LogP contribution in [0, 0.1) is 29.6 Å². The van der Waals surface area contributed by atoms with Crippen LogP contribution >= 0.6 is 0 Å². The van der Waals surface area contributed by atoms with E-state index >= 15 is 0 Å². The summed E-state index contributed by atoms with van der Waals surface area (Å²) in [6, 6.07) is 0. The molecule has 168 valence electrons. The lowest BCUT2D eigenvalue weighted by Crippen LogP contribution is -2.61. The number of hydrogen-bond acceptors (Lipinski definition) is 5. The van der Waals surface area contributed by atoms with Crippen LogP contribution in [-0.4, -0.2) is 46.8 Å². The van der Waals surface area contributed by atoms with E-state index in [-0.39, 0.29) is 48.1 Å². The van der Waals surface area contributed by atoms with Gasteiger partial charge in [-0.05, 0) is 76.0 Å². The van der Waals surface area contributed by atoms with Crippen LogP contribution in [0.25, 0.3) is 0 Å². The third-order valence-electron chi connectivity index (χ3n) is 8.24. The molecule has 0 aromatic rings. The molecule has 0 unspecified atom stereocenters. The minimum Gasteiger partial charge on any atom is -0.452 e. The first kappa shape index (κ1) is 20.7. The summed E-state index contributed by atoms with van der Waals surface area (Å²) in [4.78, 5) is 51.3. The van der Waals surface area contributed by atoms with Crippen molar-refractivity contribution in [3.63, 3.8) is 0 Å². The van der Waals surface area contributed by atoms with E-state index in [1.54, 1.807) is 6.92 Å². The van der Waals surface area contributed by atoms with E-state index in [4.69, 9.17) is 4.74 Å². The maximum absolute atomic E-state index is 12.8. The monoisotopic (exact) mass is 428 g/mol. The predicted octanol–water partition coefficient (Wildman–Crippen LogP) is 2.34. The number of ether oxygens (including phenoxy) is 1. The number of carbonyl (C=O) groups excluding carboxylic acids is 4. The van der Waals surface area contributed by atoms with Crippen LogP contribution in [-0.2, 0) is 23.9 Å². The number of likely N-dealkylation sites (tertiary alicyclic amines) is 1. The lowest BCUT2D eigenvalue weighted by molar-refractivity contribution is -0.157. The summed E-state index contributed by atoms with van der Waals surface area (Å²) in [6.45, 7) is 1.62. The van der Waals surface area contributed by atoms with Crippen molar-refractivity contribution in [2.45, 2.75) is 76.4 Å². The van der Waals surface area contributed by atoms with Gasteiger partial charge in [0.1, 0.15) is 0 Å². The molecule has 31 heavy (non-hydrogen) atoms. The second-order valence-corrected chi connectivity index (χ2v) is 10.6. The fraction of sp³-hybridized carbons (Fsp3) is 0.750. The lowest BCUT2D eigenvalue weighted by atomic mass is 9.53. The molecule has 3 atom stereocenters. The second-order valence-electron chi connectivity index (χ2n) is 10.6.